The maximum absolute atomic E-state index is 15.1. The molecule has 0 spiro atoms. The number of pyridine rings is 2. The fraction of sp³-hybridized carbons (Fsp3) is 0.258. The predicted molar refractivity (Wildman–Crippen MR) is 158 cm³/mol. The van der Waals surface area contributed by atoms with Gasteiger partial charge in [0.1, 0.15) is 23.7 Å². The van der Waals surface area contributed by atoms with Gasteiger partial charge in [-0.1, -0.05) is 12.6 Å². The van der Waals surface area contributed by atoms with Crippen molar-refractivity contribution >= 4 is 22.9 Å². The number of nitrogens with two attached hydrogens (primary N) is 1. The Kier molecular flexibility index (Phi) is 6.69. The minimum atomic E-state index is -1.53. The molecule has 1 fully saturated rings. The number of alkyl halides is 2. The number of nitrogen functional groups attached to an aromatic ring is 1. The van der Waals surface area contributed by atoms with E-state index in [1.54, 1.807) is 17.1 Å². The lowest BCUT2D eigenvalue weighted by atomic mass is 9.98. The molecular weight excluding hydrogens is 552 g/mol. The molecule has 3 atom stereocenters. The fourth-order valence-corrected chi connectivity index (χ4v) is 6.13. The number of aromatic nitrogens is 6. The molecule has 0 saturated carbocycles. The molecule has 7 rings (SSSR count). The Bertz CT molecular complexity index is 1820. The van der Waals surface area contributed by atoms with Crippen LogP contribution < -0.4 is 11.1 Å². The van der Waals surface area contributed by atoms with Crippen LogP contribution in [0.25, 0.3) is 34.1 Å². The summed E-state index contributed by atoms with van der Waals surface area (Å²) in [5.41, 5.74) is 11.1. The lowest BCUT2D eigenvalue weighted by molar-refractivity contribution is -0.130. The Balaban J connectivity index is 1.25. The summed E-state index contributed by atoms with van der Waals surface area (Å²) in [7, 11) is 0. The van der Waals surface area contributed by atoms with Gasteiger partial charge in [0.15, 0.2) is 17.3 Å². The highest BCUT2D eigenvalue weighted by Crippen LogP contribution is 2.37. The number of aryl methyl sites for hydroxylation is 1. The second kappa shape index (κ2) is 10.7. The lowest BCUT2D eigenvalue weighted by Crippen LogP contribution is -2.59. The third-order valence-corrected chi connectivity index (χ3v) is 8.22. The largest absolute Gasteiger partial charge is 0.383 e. The number of fused-ring (bicyclic) bond motifs is 2. The molecule has 1 saturated heterocycles. The maximum atomic E-state index is 15.1. The highest BCUT2D eigenvalue weighted by atomic mass is 19.1. The molecular formula is C31H29F2N9O. The van der Waals surface area contributed by atoms with Crippen LogP contribution in [0.2, 0.25) is 0 Å². The van der Waals surface area contributed by atoms with Crippen molar-refractivity contribution in [2.45, 2.75) is 37.3 Å². The van der Waals surface area contributed by atoms with E-state index in [4.69, 9.17) is 15.7 Å². The van der Waals surface area contributed by atoms with Gasteiger partial charge in [-0.2, -0.15) is 5.10 Å². The number of carbonyl (C=O) groups excluding carboxylic acids is 1. The van der Waals surface area contributed by atoms with Crippen LogP contribution in [0.3, 0.4) is 0 Å². The van der Waals surface area contributed by atoms with Crippen molar-refractivity contribution < 1.29 is 13.6 Å². The summed E-state index contributed by atoms with van der Waals surface area (Å²) in [5, 5.41) is 7.54. The normalized spacial score (nSPS) is 21.7. The number of imidazole rings is 1. The molecule has 1 aliphatic carbocycles. The van der Waals surface area contributed by atoms with E-state index in [9.17, 15) is 4.79 Å². The molecule has 2 aliphatic rings. The van der Waals surface area contributed by atoms with Gasteiger partial charge in [-0.05, 0) is 72.5 Å². The number of rotatable bonds is 6. The molecule has 1 amide bonds. The molecule has 1 aliphatic heterocycles. The van der Waals surface area contributed by atoms with E-state index in [1.807, 2.05) is 53.2 Å². The Hall–Kier alpha value is -4.97. The van der Waals surface area contributed by atoms with Crippen LogP contribution in [0.1, 0.15) is 23.6 Å². The van der Waals surface area contributed by atoms with Crippen LogP contribution in [0, 0.1) is 0 Å². The third kappa shape index (κ3) is 4.73. The summed E-state index contributed by atoms with van der Waals surface area (Å²) in [6.07, 6.45) is 4.59. The summed E-state index contributed by atoms with van der Waals surface area (Å²) in [6, 6.07) is 14.1. The molecule has 0 bridgehead atoms. The summed E-state index contributed by atoms with van der Waals surface area (Å²) in [5.74, 6) is 1.12. The number of halogens is 2. The maximum Gasteiger partial charge on any atom is 0.246 e. The molecule has 5 heterocycles. The van der Waals surface area contributed by atoms with Crippen LogP contribution in [0.15, 0.2) is 79.8 Å². The number of piperidine rings is 1. The van der Waals surface area contributed by atoms with Crippen molar-refractivity contribution in [3.8, 4) is 22.9 Å². The molecule has 218 valence electrons. The minimum Gasteiger partial charge on any atom is -0.383 e. The number of carbonyl (C=O) groups is 1. The van der Waals surface area contributed by atoms with Gasteiger partial charge in [0.05, 0.1) is 24.7 Å². The lowest BCUT2D eigenvalue weighted by Gasteiger charge is -2.38. The third-order valence-electron chi connectivity index (χ3n) is 8.22. The topological polar surface area (TPSA) is 120 Å². The average Bonchev–Trinajstić information content (AvgIpc) is 3.77. The second-order valence-electron chi connectivity index (χ2n) is 10.8. The Labute approximate surface area is 245 Å². The second-order valence-corrected chi connectivity index (χ2v) is 10.8. The van der Waals surface area contributed by atoms with E-state index >= 15 is 8.78 Å². The number of anilines is 1. The first-order valence-electron chi connectivity index (χ1n) is 14.1. The number of amides is 1. The van der Waals surface area contributed by atoms with Crippen molar-refractivity contribution in [2.75, 3.05) is 18.8 Å². The molecule has 4 aromatic heterocycles. The number of likely N-dealkylation sites (tertiary alicyclic amines) is 1. The number of nitrogens with one attached hydrogen (secondary N) is 1. The van der Waals surface area contributed by atoms with Crippen molar-refractivity contribution in [3.05, 3.63) is 90.9 Å². The van der Waals surface area contributed by atoms with Gasteiger partial charge in [0.25, 0.3) is 0 Å². The van der Waals surface area contributed by atoms with E-state index in [-0.39, 0.29) is 19.1 Å². The zero-order valence-electron chi connectivity index (χ0n) is 23.1. The van der Waals surface area contributed by atoms with Crippen LogP contribution in [-0.4, -0.2) is 71.6 Å². The number of benzene rings is 1. The SMILES string of the molecule is C=CC(=O)N1CC(F)C(N[C@H]2CCc3cc(-n4c(-c5cccnc5N)nc5ccc(-n6cccn6)nc54)ccc32)C(F)C1. The fourth-order valence-electron chi connectivity index (χ4n) is 6.13. The van der Waals surface area contributed by atoms with E-state index in [1.165, 1.54) is 4.90 Å². The standard InChI is InChI=1S/C31H29F2N9O/c1-2-27(43)40-16-22(32)28(23(33)17-40)37-24-9-6-18-15-19(7-8-20(18)24)42-30(21-5-3-12-35-29(21)34)38-25-10-11-26(39-31(25)42)41-14-4-13-36-41/h2-5,7-8,10-15,22-24,28,37H,1,6,9,16-17H2,(H2,34,35)/t22?,23?,24-,28?/m0/s1. The van der Waals surface area contributed by atoms with Crippen molar-refractivity contribution in [2.24, 2.45) is 0 Å². The van der Waals surface area contributed by atoms with Crippen LogP contribution in [0.5, 0.6) is 0 Å². The van der Waals surface area contributed by atoms with Gasteiger partial charge in [-0.15, -0.1) is 0 Å². The van der Waals surface area contributed by atoms with Crippen molar-refractivity contribution in [3.63, 3.8) is 0 Å². The quantitative estimate of drug-likeness (QED) is 0.292. The highest BCUT2D eigenvalue weighted by molar-refractivity contribution is 5.87. The molecule has 43 heavy (non-hydrogen) atoms. The number of nitrogens with zero attached hydrogens (tertiary/aromatic N) is 7. The minimum absolute atomic E-state index is 0.164. The van der Waals surface area contributed by atoms with Gasteiger partial charge < -0.3 is 16.0 Å². The summed E-state index contributed by atoms with van der Waals surface area (Å²) in [4.78, 5) is 27.2. The Morgan fingerprint density at radius 1 is 1.07 bits per heavy atom. The van der Waals surface area contributed by atoms with Crippen molar-refractivity contribution in [1.82, 2.24) is 39.5 Å². The van der Waals surface area contributed by atoms with Gasteiger partial charge in [0, 0.05) is 30.3 Å². The van der Waals surface area contributed by atoms with Crippen LogP contribution in [-0.2, 0) is 11.2 Å². The molecule has 10 nitrogen and oxygen atoms in total. The van der Waals surface area contributed by atoms with Gasteiger partial charge in [-0.3, -0.25) is 9.36 Å². The molecule has 2 unspecified atom stereocenters. The molecule has 12 heteroatoms. The average molecular weight is 582 g/mol. The first kappa shape index (κ1) is 26.9. The zero-order chi connectivity index (χ0) is 29.7. The van der Waals surface area contributed by atoms with E-state index in [0.29, 0.717) is 40.6 Å². The van der Waals surface area contributed by atoms with E-state index in [2.05, 4.69) is 28.0 Å². The molecule has 1 aromatic carbocycles. The van der Waals surface area contributed by atoms with Crippen molar-refractivity contribution in [1.29, 1.82) is 0 Å². The van der Waals surface area contributed by atoms with Gasteiger partial charge in [0.2, 0.25) is 5.91 Å². The monoisotopic (exact) mass is 581 g/mol. The molecule has 3 N–H and O–H groups in total. The van der Waals surface area contributed by atoms with Crippen LogP contribution in [0.4, 0.5) is 14.6 Å². The molecule has 0 radical (unpaired) electrons. The zero-order valence-corrected chi connectivity index (χ0v) is 23.1. The van der Waals surface area contributed by atoms with E-state index in [0.717, 1.165) is 29.3 Å². The first-order valence-corrected chi connectivity index (χ1v) is 14.1. The van der Waals surface area contributed by atoms with Gasteiger partial charge in [-0.25, -0.2) is 28.4 Å². The first-order chi connectivity index (χ1) is 20.9. The summed E-state index contributed by atoms with van der Waals surface area (Å²) < 4.78 is 33.8. The van der Waals surface area contributed by atoms with E-state index < -0.39 is 24.3 Å². The smallest absolute Gasteiger partial charge is 0.246 e. The molecule has 5 aromatic rings. The highest BCUT2D eigenvalue weighted by Gasteiger charge is 2.40. The summed E-state index contributed by atoms with van der Waals surface area (Å²) >= 11 is 0. The Morgan fingerprint density at radius 3 is 2.65 bits per heavy atom. The summed E-state index contributed by atoms with van der Waals surface area (Å²) in [6.45, 7) is 3.10. The Morgan fingerprint density at radius 2 is 1.91 bits per heavy atom. The number of hydrogen-bond acceptors (Lipinski definition) is 7. The van der Waals surface area contributed by atoms with Crippen LogP contribution >= 0.6 is 0 Å². The van der Waals surface area contributed by atoms with Gasteiger partial charge >= 0.3 is 0 Å². The number of hydrogen-bond donors (Lipinski definition) is 2. The predicted octanol–water partition coefficient (Wildman–Crippen LogP) is 3.90.